The summed E-state index contributed by atoms with van der Waals surface area (Å²) in [5.74, 6) is -0.413. The molecular weight excluding hydrogens is 603 g/mol. The standard InChI is InChI=1S/C36H75N2O7P/c1-3-5-7-9-11-13-15-16-18-19-21-23-25-27-33(39)31-36(41)38-34(32-45-46(42,43)44-30-29-37)35(40)28-26-24-22-20-17-14-12-10-8-6-4-2/h33-35,39-40H,3-32,37H2,1-2H3,(H,38,41)(H,42,43). The summed E-state index contributed by atoms with van der Waals surface area (Å²) in [6, 6.07) is -0.888. The predicted molar refractivity (Wildman–Crippen MR) is 191 cm³/mol. The molecule has 0 bridgehead atoms. The van der Waals surface area contributed by atoms with E-state index in [0.717, 1.165) is 38.5 Å². The van der Waals surface area contributed by atoms with E-state index in [0.29, 0.717) is 12.8 Å². The van der Waals surface area contributed by atoms with E-state index in [2.05, 4.69) is 19.2 Å². The number of aliphatic hydroxyl groups excluding tert-OH is 2. The number of phosphoric ester groups is 1. The summed E-state index contributed by atoms with van der Waals surface area (Å²) < 4.78 is 22.0. The van der Waals surface area contributed by atoms with Gasteiger partial charge >= 0.3 is 7.82 Å². The molecule has 1 amide bonds. The number of unbranched alkanes of at least 4 members (excludes halogenated alkanes) is 22. The van der Waals surface area contributed by atoms with Gasteiger partial charge in [-0.05, 0) is 12.8 Å². The monoisotopic (exact) mass is 679 g/mol. The zero-order valence-electron chi connectivity index (χ0n) is 29.9. The van der Waals surface area contributed by atoms with Crippen LogP contribution in [0.3, 0.4) is 0 Å². The Bertz CT molecular complexity index is 716. The molecule has 0 aliphatic heterocycles. The minimum Gasteiger partial charge on any atom is -0.393 e. The number of phosphoric acid groups is 1. The number of carbonyl (C=O) groups excluding carboxylic acids is 1. The molecule has 0 rings (SSSR count). The highest BCUT2D eigenvalue weighted by molar-refractivity contribution is 7.47. The van der Waals surface area contributed by atoms with Gasteiger partial charge in [-0.15, -0.1) is 0 Å². The maximum Gasteiger partial charge on any atom is 0.472 e. The van der Waals surface area contributed by atoms with Crippen LogP contribution in [0.2, 0.25) is 0 Å². The molecule has 0 saturated heterocycles. The normalized spacial score (nSPS) is 15.0. The molecule has 6 N–H and O–H groups in total. The molecule has 0 aliphatic rings. The lowest BCUT2D eigenvalue weighted by atomic mass is 10.0. The first kappa shape index (κ1) is 45.5. The van der Waals surface area contributed by atoms with Crippen LogP contribution in [-0.4, -0.2) is 59.0 Å². The number of nitrogens with one attached hydrogen (secondary N) is 1. The average Bonchev–Trinajstić information content (AvgIpc) is 3.03. The Morgan fingerprint density at radius 3 is 1.46 bits per heavy atom. The highest BCUT2D eigenvalue weighted by Crippen LogP contribution is 2.43. The van der Waals surface area contributed by atoms with E-state index in [9.17, 15) is 24.5 Å². The molecule has 0 heterocycles. The highest BCUT2D eigenvalue weighted by Gasteiger charge is 2.28. The van der Waals surface area contributed by atoms with Gasteiger partial charge in [0.1, 0.15) is 0 Å². The van der Waals surface area contributed by atoms with Crippen molar-refractivity contribution in [3.05, 3.63) is 0 Å². The van der Waals surface area contributed by atoms with Crippen LogP contribution in [0.1, 0.15) is 187 Å². The first-order valence-corrected chi connectivity index (χ1v) is 20.7. The van der Waals surface area contributed by atoms with E-state index in [4.69, 9.17) is 14.8 Å². The third kappa shape index (κ3) is 30.8. The molecule has 0 aromatic rings. The van der Waals surface area contributed by atoms with E-state index < -0.39 is 32.0 Å². The van der Waals surface area contributed by atoms with Crippen LogP contribution in [0.25, 0.3) is 0 Å². The molecule has 4 atom stereocenters. The van der Waals surface area contributed by atoms with Crippen molar-refractivity contribution in [1.29, 1.82) is 0 Å². The smallest absolute Gasteiger partial charge is 0.393 e. The van der Waals surface area contributed by atoms with Crippen LogP contribution < -0.4 is 11.1 Å². The molecule has 4 unspecified atom stereocenters. The van der Waals surface area contributed by atoms with Gasteiger partial charge in [0.05, 0.1) is 37.9 Å². The molecule has 0 radical (unpaired) electrons. The topological polar surface area (TPSA) is 151 Å². The maximum absolute atomic E-state index is 12.7. The Morgan fingerprint density at radius 2 is 1.04 bits per heavy atom. The fourth-order valence-electron chi connectivity index (χ4n) is 5.83. The number of nitrogens with two attached hydrogens (primary N) is 1. The lowest BCUT2D eigenvalue weighted by molar-refractivity contribution is -0.125. The van der Waals surface area contributed by atoms with Gasteiger partial charge in [0, 0.05) is 6.54 Å². The molecule has 9 nitrogen and oxygen atoms in total. The third-order valence-electron chi connectivity index (χ3n) is 8.77. The minimum atomic E-state index is -4.36. The molecule has 46 heavy (non-hydrogen) atoms. The van der Waals surface area contributed by atoms with Crippen LogP contribution in [-0.2, 0) is 18.4 Å². The summed E-state index contributed by atoms with van der Waals surface area (Å²) in [4.78, 5) is 22.6. The van der Waals surface area contributed by atoms with Crippen LogP contribution in [0.5, 0.6) is 0 Å². The molecule has 0 fully saturated rings. The van der Waals surface area contributed by atoms with E-state index >= 15 is 0 Å². The number of aliphatic hydroxyl groups is 2. The van der Waals surface area contributed by atoms with E-state index in [-0.39, 0.29) is 26.2 Å². The van der Waals surface area contributed by atoms with E-state index in [1.54, 1.807) is 0 Å². The Labute approximate surface area is 283 Å². The van der Waals surface area contributed by atoms with Crippen molar-refractivity contribution in [3.8, 4) is 0 Å². The van der Waals surface area contributed by atoms with Gasteiger partial charge in [0.2, 0.25) is 5.91 Å². The molecule has 10 heteroatoms. The third-order valence-corrected chi connectivity index (χ3v) is 9.75. The van der Waals surface area contributed by atoms with Crippen molar-refractivity contribution in [2.24, 2.45) is 5.73 Å². The summed E-state index contributed by atoms with van der Waals surface area (Å²) >= 11 is 0. The molecular formula is C36H75N2O7P. The minimum absolute atomic E-state index is 0.0622. The zero-order chi connectivity index (χ0) is 34.1. The molecule has 276 valence electrons. The molecule has 0 spiro atoms. The zero-order valence-corrected chi connectivity index (χ0v) is 30.8. The number of amides is 1. The van der Waals surface area contributed by atoms with Gasteiger partial charge in [0.15, 0.2) is 0 Å². The summed E-state index contributed by atoms with van der Waals surface area (Å²) in [6.45, 7) is 4.03. The second kappa shape index (κ2) is 33.0. The van der Waals surface area contributed by atoms with Crippen molar-refractivity contribution in [1.82, 2.24) is 5.32 Å². The largest absolute Gasteiger partial charge is 0.472 e. The number of rotatable bonds is 36. The maximum atomic E-state index is 12.7. The lowest BCUT2D eigenvalue weighted by Crippen LogP contribution is -2.47. The van der Waals surface area contributed by atoms with Crippen LogP contribution in [0.15, 0.2) is 0 Å². The van der Waals surface area contributed by atoms with E-state index in [1.165, 1.54) is 116 Å². The van der Waals surface area contributed by atoms with Gasteiger partial charge in [-0.1, -0.05) is 168 Å². The summed E-state index contributed by atoms with van der Waals surface area (Å²) in [5.41, 5.74) is 5.35. The number of hydrogen-bond acceptors (Lipinski definition) is 7. The lowest BCUT2D eigenvalue weighted by Gasteiger charge is -2.25. The van der Waals surface area contributed by atoms with Crippen LogP contribution in [0.4, 0.5) is 0 Å². The average molecular weight is 679 g/mol. The van der Waals surface area contributed by atoms with Gasteiger partial charge < -0.3 is 26.2 Å². The fraction of sp³-hybridized carbons (Fsp3) is 0.972. The summed E-state index contributed by atoms with van der Waals surface area (Å²) in [7, 11) is -4.36. The van der Waals surface area contributed by atoms with E-state index in [1.807, 2.05) is 0 Å². The van der Waals surface area contributed by atoms with Crippen molar-refractivity contribution in [2.45, 2.75) is 205 Å². The molecule has 0 aromatic carbocycles. The first-order chi connectivity index (χ1) is 22.3. The van der Waals surface area contributed by atoms with Gasteiger partial charge in [0.25, 0.3) is 0 Å². The SMILES string of the molecule is CCCCCCCCCCCCCCCC(O)CC(=O)NC(COP(=O)(O)OCCN)C(O)CCCCCCCCCCCCC. The molecule has 0 aliphatic carbocycles. The molecule has 0 saturated carbocycles. The second-order valence-electron chi connectivity index (χ2n) is 13.3. The highest BCUT2D eigenvalue weighted by atomic mass is 31.2. The van der Waals surface area contributed by atoms with Crippen LogP contribution >= 0.6 is 7.82 Å². The Balaban J connectivity index is 4.33. The van der Waals surface area contributed by atoms with Gasteiger partial charge in [-0.25, -0.2) is 4.57 Å². The quantitative estimate of drug-likeness (QED) is 0.0326. The van der Waals surface area contributed by atoms with Crippen molar-refractivity contribution in [2.75, 3.05) is 19.8 Å². The van der Waals surface area contributed by atoms with Crippen molar-refractivity contribution in [3.63, 3.8) is 0 Å². The summed E-state index contributed by atoms with van der Waals surface area (Å²) in [5, 5.41) is 24.0. The predicted octanol–water partition coefficient (Wildman–Crippen LogP) is 8.86. The summed E-state index contributed by atoms with van der Waals surface area (Å²) in [6.07, 6.45) is 28.6. The first-order valence-electron chi connectivity index (χ1n) is 19.2. The van der Waals surface area contributed by atoms with Gasteiger partial charge in [-0.2, -0.15) is 0 Å². The van der Waals surface area contributed by atoms with Crippen LogP contribution in [0, 0.1) is 0 Å². The second-order valence-corrected chi connectivity index (χ2v) is 14.8. The van der Waals surface area contributed by atoms with Crippen molar-refractivity contribution < 1.29 is 33.5 Å². The molecule has 0 aromatic heterocycles. The Hall–Kier alpha value is -0.540. The fourth-order valence-corrected chi connectivity index (χ4v) is 6.59. The Morgan fingerprint density at radius 1 is 0.652 bits per heavy atom. The number of carbonyl (C=O) groups is 1. The van der Waals surface area contributed by atoms with Crippen molar-refractivity contribution >= 4 is 13.7 Å². The Kier molecular flexibility index (Phi) is 32.6. The number of hydrogen-bond donors (Lipinski definition) is 5. The van der Waals surface area contributed by atoms with Gasteiger partial charge in [-0.3, -0.25) is 13.8 Å².